The van der Waals surface area contributed by atoms with Gasteiger partial charge in [0.2, 0.25) is 0 Å². The van der Waals surface area contributed by atoms with E-state index in [0.29, 0.717) is 0 Å². The minimum Gasteiger partial charge on any atom is -0.399 e. The van der Waals surface area contributed by atoms with Gasteiger partial charge in [-0.2, -0.15) is 0 Å². The largest absolute Gasteiger partial charge is 0.494 e. The molecule has 0 unspecified atom stereocenters. The molecule has 0 radical (unpaired) electrons. The van der Waals surface area contributed by atoms with E-state index in [-0.39, 0.29) is 18.3 Å². The molecule has 0 atom stereocenters. The summed E-state index contributed by atoms with van der Waals surface area (Å²) >= 11 is 1.84. The Hall–Kier alpha value is -3.83. The molecule has 0 saturated carbocycles. The van der Waals surface area contributed by atoms with E-state index in [2.05, 4.69) is 155 Å². The molecule has 2 heterocycles. The van der Waals surface area contributed by atoms with Crippen LogP contribution in [-0.4, -0.2) is 18.3 Å². The molecule has 2 aliphatic rings. The van der Waals surface area contributed by atoms with E-state index in [0.717, 1.165) is 5.46 Å². The maximum absolute atomic E-state index is 6.23. The van der Waals surface area contributed by atoms with Crippen molar-refractivity contribution in [3.63, 3.8) is 0 Å². The van der Waals surface area contributed by atoms with Gasteiger partial charge in [0.25, 0.3) is 0 Å². The fourth-order valence-electron chi connectivity index (χ4n) is 5.59. The molecule has 0 aromatic heterocycles. The molecule has 5 aromatic carbocycles. The molecule has 1 saturated heterocycles. The van der Waals surface area contributed by atoms with Gasteiger partial charge in [0.05, 0.1) is 11.2 Å². The van der Waals surface area contributed by atoms with E-state index < -0.39 is 0 Å². The molecule has 1 fully saturated rings. The van der Waals surface area contributed by atoms with Gasteiger partial charge in [-0.1, -0.05) is 121 Å². The smallest absolute Gasteiger partial charge is 0.399 e. The number of rotatable bonds is 4. The van der Waals surface area contributed by atoms with E-state index in [1.165, 1.54) is 54.3 Å². The predicted octanol–water partition coefficient (Wildman–Crippen LogP) is 9.62. The van der Waals surface area contributed by atoms with Crippen LogP contribution in [0.4, 0.5) is 0 Å². The molecule has 0 amide bonds. The highest BCUT2D eigenvalue weighted by Gasteiger charge is 2.51. The first-order chi connectivity index (χ1) is 20.3. The Labute approximate surface area is 253 Å². The molecular formula is C38H33BO2S. The second kappa shape index (κ2) is 10.5. The van der Waals surface area contributed by atoms with Gasteiger partial charge in [0.1, 0.15) is 0 Å². The average molecular weight is 565 g/mol. The third-order valence-electron chi connectivity index (χ3n) is 8.80. The van der Waals surface area contributed by atoms with E-state index >= 15 is 0 Å². The number of hydrogen-bond acceptors (Lipinski definition) is 3. The van der Waals surface area contributed by atoms with Crippen LogP contribution in [0.2, 0.25) is 0 Å². The zero-order valence-corrected chi connectivity index (χ0v) is 25.2. The van der Waals surface area contributed by atoms with Crippen molar-refractivity contribution in [1.82, 2.24) is 0 Å². The van der Waals surface area contributed by atoms with Crippen molar-refractivity contribution < 1.29 is 9.31 Å². The Bertz CT molecular complexity index is 1790. The van der Waals surface area contributed by atoms with E-state index in [1.807, 2.05) is 11.8 Å². The van der Waals surface area contributed by atoms with E-state index in [4.69, 9.17) is 9.31 Å². The van der Waals surface area contributed by atoms with Crippen LogP contribution < -0.4 is 5.46 Å². The lowest BCUT2D eigenvalue weighted by Crippen LogP contribution is -2.41. The van der Waals surface area contributed by atoms with Crippen LogP contribution in [0.3, 0.4) is 0 Å². The molecule has 0 bridgehead atoms. The summed E-state index contributed by atoms with van der Waals surface area (Å²) < 4.78 is 12.5. The molecule has 2 aliphatic heterocycles. The summed E-state index contributed by atoms with van der Waals surface area (Å²) in [7, 11) is -0.345. The Balaban J connectivity index is 1.13. The summed E-state index contributed by atoms with van der Waals surface area (Å²) in [6.45, 7) is 8.34. The van der Waals surface area contributed by atoms with Crippen molar-refractivity contribution in [3.8, 4) is 33.4 Å². The van der Waals surface area contributed by atoms with Crippen LogP contribution in [-0.2, 0) is 9.31 Å². The van der Waals surface area contributed by atoms with Gasteiger partial charge in [-0.05, 0) is 95.9 Å². The first-order valence-corrected chi connectivity index (χ1v) is 15.3. The van der Waals surface area contributed by atoms with Crippen LogP contribution >= 0.6 is 11.8 Å². The second-order valence-corrected chi connectivity index (χ2v) is 13.1. The number of benzene rings is 5. The topological polar surface area (TPSA) is 18.5 Å². The molecule has 2 nitrogen and oxygen atoms in total. The van der Waals surface area contributed by atoms with Crippen molar-refractivity contribution in [2.24, 2.45) is 0 Å². The molecule has 0 spiro atoms. The number of fused-ring (bicyclic) bond motifs is 2. The minimum atomic E-state index is -0.345. The van der Waals surface area contributed by atoms with E-state index in [1.54, 1.807) is 0 Å². The highest BCUT2D eigenvalue weighted by Crippen LogP contribution is 2.42. The van der Waals surface area contributed by atoms with Crippen LogP contribution in [0.5, 0.6) is 0 Å². The lowest BCUT2D eigenvalue weighted by molar-refractivity contribution is 0.00578. The summed E-state index contributed by atoms with van der Waals surface area (Å²) in [6, 6.07) is 41.5. The van der Waals surface area contributed by atoms with Gasteiger partial charge in [-0.15, -0.1) is 0 Å². The predicted molar refractivity (Wildman–Crippen MR) is 178 cm³/mol. The van der Waals surface area contributed by atoms with Crippen LogP contribution in [0.1, 0.15) is 38.8 Å². The highest BCUT2D eigenvalue weighted by molar-refractivity contribution is 7.99. The number of hydrogen-bond donors (Lipinski definition) is 0. The summed E-state index contributed by atoms with van der Waals surface area (Å²) in [5.41, 5.74) is 10.1. The van der Waals surface area contributed by atoms with Crippen molar-refractivity contribution >= 4 is 36.5 Å². The standard InChI is InChI=1S/C38H33BO2S/c1-37(2)38(3,4)41-39(40-37)32-22-19-27(20-23-32)26-15-17-28(18-16-26)30-10-7-11-31(25-30)33-12-8-14-36-34(33)24-21-29-9-5-6-13-35(29)42-36/h5-25H,1-4H3. The molecule has 0 N–H and O–H groups in total. The molecule has 42 heavy (non-hydrogen) atoms. The van der Waals surface area contributed by atoms with E-state index in [9.17, 15) is 0 Å². The van der Waals surface area contributed by atoms with Gasteiger partial charge >= 0.3 is 7.12 Å². The summed E-state index contributed by atoms with van der Waals surface area (Å²) in [5, 5.41) is 0. The lowest BCUT2D eigenvalue weighted by atomic mass is 9.78. The fraction of sp³-hybridized carbons (Fsp3) is 0.158. The quantitative estimate of drug-likeness (QED) is 0.199. The van der Waals surface area contributed by atoms with Gasteiger partial charge < -0.3 is 9.31 Å². The van der Waals surface area contributed by atoms with Crippen molar-refractivity contribution in [2.45, 2.75) is 48.7 Å². The molecular weight excluding hydrogens is 531 g/mol. The Morgan fingerprint density at radius 1 is 0.524 bits per heavy atom. The molecule has 4 heteroatoms. The fourth-order valence-corrected chi connectivity index (χ4v) is 6.66. The van der Waals surface area contributed by atoms with Crippen LogP contribution in [0, 0.1) is 0 Å². The lowest BCUT2D eigenvalue weighted by Gasteiger charge is -2.32. The normalized spacial score (nSPS) is 16.5. The molecule has 5 aromatic rings. The summed E-state index contributed by atoms with van der Waals surface area (Å²) in [6.07, 6.45) is 4.51. The molecule has 7 rings (SSSR count). The second-order valence-electron chi connectivity index (χ2n) is 12.1. The monoisotopic (exact) mass is 564 g/mol. The van der Waals surface area contributed by atoms with Crippen LogP contribution in [0.15, 0.2) is 125 Å². The average Bonchev–Trinajstić information content (AvgIpc) is 3.12. The van der Waals surface area contributed by atoms with Crippen LogP contribution in [0.25, 0.3) is 45.5 Å². The summed E-state index contributed by atoms with van der Waals surface area (Å²) in [5.74, 6) is 0. The van der Waals surface area contributed by atoms with Crippen molar-refractivity contribution in [2.75, 3.05) is 0 Å². The highest BCUT2D eigenvalue weighted by atomic mass is 32.2. The maximum Gasteiger partial charge on any atom is 0.494 e. The minimum absolute atomic E-state index is 0.343. The Morgan fingerprint density at radius 2 is 1.10 bits per heavy atom. The Morgan fingerprint density at radius 3 is 1.81 bits per heavy atom. The van der Waals surface area contributed by atoms with Crippen molar-refractivity contribution in [3.05, 3.63) is 126 Å². The van der Waals surface area contributed by atoms with Gasteiger partial charge in [-0.3, -0.25) is 0 Å². The third-order valence-corrected chi connectivity index (χ3v) is 9.96. The first kappa shape index (κ1) is 27.0. The Kier molecular flexibility index (Phi) is 6.74. The zero-order chi connectivity index (χ0) is 28.9. The maximum atomic E-state index is 6.23. The molecule has 0 aliphatic carbocycles. The summed E-state index contributed by atoms with van der Waals surface area (Å²) in [4.78, 5) is 2.58. The SMILES string of the molecule is CC1(C)OB(c2ccc(-c3ccc(-c4cccc(-c5cccc6c5C=Cc5ccccc5S6)c4)cc3)cc2)OC1(C)C. The van der Waals surface area contributed by atoms with Gasteiger partial charge in [0, 0.05) is 9.79 Å². The molecule has 206 valence electrons. The first-order valence-electron chi connectivity index (χ1n) is 14.5. The van der Waals surface area contributed by atoms with Gasteiger partial charge in [-0.25, -0.2) is 0 Å². The third kappa shape index (κ3) is 4.94. The zero-order valence-electron chi connectivity index (χ0n) is 24.4. The van der Waals surface area contributed by atoms with Crippen molar-refractivity contribution in [1.29, 1.82) is 0 Å². The van der Waals surface area contributed by atoms with Gasteiger partial charge in [0.15, 0.2) is 0 Å².